The van der Waals surface area contributed by atoms with Crippen molar-refractivity contribution in [1.82, 2.24) is 0 Å². The molecular formula is C68H100O8. The Bertz CT molecular complexity index is 2770. The van der Waals surface area contributed by atoms with Gasteiger partial charge in [0.2, 0.25) is 0 Å². The molecule has 5 rings (SSSR count). The molecule has 4 N–H and O–H groups in total. The number of fused-ring (bicyclic) bond motifs is 1. The zero-order chi connectivity index (χ0) is 58.2. The fraction of sp³-hybridized carbons (Fsp3) is 0.618. The lowest BCUT2D eigenvalue weighted by atomic mass is 9.39. The van der Waals surface area contributed by atoms with Crippen LogP contribution in [0.4, 0.5) is 0 Å². The average molecular weight is 1050 g/mol. The van der Waals surface area contributed by atoms with E-state index in [0.717, 1.165) is 53.5 Å². The second kappa shape index (κ2) is 20.4. The molecule has 0 bridgehead atoms. The molecule has 420 valence electrons. The van der Waals surface area contributed by atoms with Gasteiger partial charge in [-0.2, -0.15) is 0 Å². The molecule has 0 saturated heterocycles. The number of phenolic OH excluding ortho intramolecular Hbond substituents is 4. The van der Waals surface area contributed by atoms with Crippen molar-refractivity contribution in [2.24, 2.45) is 21.7 Å². The summed E-state index contributed by atoms with van der Waals surface area (Å²) in [5, 5.41) is 46.7. The summed E-state index contributed by atoms with van der Waals surface area (Å²) in [6, 6.07) is 20.5. The van der Waals surface area contributed by atoms with Gasteiger partial charge in [-0.05, 0) is 131 Å². The molecule has 4 aromatic carbocycles. The molecule has 8 heteroatoms. The van der Waals surface area contributed by atoms with E-state index in [1.807, 2.05) is 92.6 Å². The first kappa shape index (κ1) is 61.9. The van der Waals surface area contributed by atoms with Crippen LogP contribution in [-0.4, -0.2) is 32.4 Å². The van der Waals surface area contributed by atoms with E-state index in [1.165, 1.54) is 0 Å². The van der Waals surface area contributed by atoms with E-state index in [2.05, 4.69) is 110 Å². The Hall–Kier alpha value is -4.98. The third-order valence-electron chi connectivity index (χ3n) is 17.2. The van der Waals surface area contributed by atoms with Crippen LogP contribution in [0.2, 0.25) is 0 Å². The van der Waals surface area contributed by atoms with Gasteiger partial charge in [-0.3, -0.25) is 0 Å². The first-order valence-corrected chi connectivity index (χ1v) is 28.1. The highest BCUT2D eigenvalue weighted by Gasteiger charge is 2.70. The summed E-state index contributed by atoms with van der Waals surface area (Å²) < 4.78 is 0. The fourth-order valence-corrected chi connectivity index (χ4v) is 14.2. The average Bonchev–Trinajstić information content (AvgIpc) is 3.23. The molecule has 76 heavy (non-hydrogen) atoms. The van der Waals surface area contributed by atoms with Gasteiger partial charge in [-0.25, -0.2) is 19.4 Å². The van der Waals surface area contributed by atoms with Crippen LogP contribution in [0, 0.1) is 21.7 Å². The van der Waals surface area contributed by atoms with Gasteiger partial charge in [0.05, 0.1) is 0 Å². The first-order chi connectivity index (χ1) is 34.3. The van der Waals surface area contributed by atoms with Crippen LogP contribution < -0.4 is 0 Å². The fourth-order valence-electron chi connectivity index (χ4n) is 14.2. The third kappa shape index (κ3) is 10.8. The molecule has 4 atom stereocenters. The quantitative estimate of drug-likeness (QED) is 0.111. The largest absolute Gasteiger partial charge is 0.508 e. The maximum atomic E-state index is 17.2. The van der Waals surface area contributed by atoms with E-state index in [4.69, 9.17) is 9.78 Å². The molecule has 0 amide bonds. The summed E-state index contributed by atoms with van der Waals surface area (Å²) in [5.41, 5.74) is -3.18. The Morgan fingerprint density at radius 1 is 0.500 bits per heavy atom. The Kier molecular flexibility index (Phi) is 16.6. The van der Waals surface area contributed by atoms with Crippen LogP contribution in [-0.2, 0) is 63.7 Å². The van der Waals surface area contributed by atoms with E-state index >= 15 is 9.59 Å². The van der Waals surface area contributed by atoms with Gasteiger partial charge < -0.3 is 20.4 Å². The van der Waals surface area contributed by atoms with Crippen molar-refractivity contribution in [2.75, 3.05) is 0 Å². The molecule has 0 spiro atoms. The Balaban J connectivity index is 2.04. The predicted molar refractivity (Wildman–Crippen MR) is 312 cm³/mol. The van der Waals surface area contributed by atoms with Gasteiger partial charge in [0.25, 0.3) is 0 Å². The van der Waals surface area contributed by atoms with Crippen LogP contribution >= 0.6 is 0 Å². The van der Waals surface area contributed by atoms with Gasteiger partial charge in [0.15, 0.2) is 0 Å². The van der Waals surface area contributed by atoms with Gasteiger partial charge in [0.1, 0.15) is 33.8 Å². The molecule has 4 aromatic rings. The van der Waals surface area contributed by atoms with E-state index < -0.39 is 77.4 Å². The molecule has 1 aliphatic rings. The lowest BCUT2D eigenvalue weighted by molar-refractivity contribution is -0.278. The number of hydrogen-bond donors (Lipinski definition) is 4. The van der Waals surface area contributed by atoms with Gasteiger partial charge in [-0.1, -0.05) is 228 Å². The summed E-state index contributed by atoms with van der Waals surface area (Å²) >= 11 is 0. The molecule has 1 aliphatic carbocycles. The van der Waals surface area contributed by atoms with Crippen molar-refractivity contribution in [2.45, 2.75) is 249 Å². The number of carbonyl (C=O) groups excluding carboxylic acids is 2. The summed E-state index contributed by atoms with van der Waals surface area (Å²) in [4.78, 5) is 47.3. The molecule has 0 aromatic heterocycles. The number of benzene rings is 4. The van der Waals surface area contributed by atoms with Crippen molar-refractivity contribution in [1.29, 1.82) is 0 Å². The molecular weight excluding hydrogens is 945 g/mol. The highest BCUT2D eigenvalue weighted by atomic mass is 17.2. The lowest BCUT2D eigenvalue weighted by Gasteiger charge is -2.62. The van der Waals surface area contributed by atoms with Gasteiger partial charge >= 0.3 is 11.9 Å². The SMILES string of the molecule is CC(C)(C)c1cc(C(C(C)(C)C)C(C(=O)OOC(=O)C2(C(C)(C)C)c3ccc(O)c(C(C)(C)C)c3CCCCCCC2(c2ccc(O)c(C(C)(C)C)c2)C(C)(C)C)(c2ccc(O)c(C(C)(C)C)c2)C(C)(C)C)ccc1O. The van der Waals surface area contributed by atoms with Crippen molar-refractivity contribution < 1.29 is 39.8 Å². The molecule has 0 saturated carbocycles. The number of hydrogen-bond acceptors (Lipinski definition) is 8. The van der Waals surface area contributed by atoms with Crippen LogP contribution in [0.3, 0.4) is 0 Å². The van der Waals surface area contributed by atoms with Crippen molar-refractivity contribution in [3.05, 3.63) is 117 Å². The topological polar surface area (TPSA) is 134 Å². The maximum Gasteiger partial charge on any atom is 0.367 e. The highest BCUT2D eigenvalue weighted by Crippen LogP contribution is 2.67. The third-order valence-corrected chi connectivity index (χ3v) is 17.2. The smallest absolute Gasteiger partial charge is 0.367 e. The van der Waals surface area contributed by atoms with E-state index in [0.29, 0.717) is 35.1 Å². The summed E-state index contributed by atoms with van der Waals surface area (Å²) in [6.45, 7) is 49.9. The molecule has 0 aliphatic heterocycles. The number of phenols is 4. The molecule has 0 heterocycles. The predicted octanol–water partition coefficient (Wildman–Crippen LogP) is 17.3. The minimum absolute atomic E-state index is 0.0932. The molecule has 0 fully saturated rings. The van der Waals surface area contributed by atoms with Crippen molar-refractivity contribution >= 4 is 11.9 Å². The Morgan fingerprint density at radius 2 is 0.974 bits per heavy atom. The second-order valence-corrected chi connectivity index (χ2v) is 30.9. The lowest BCUT2D eigenvalue weighted by Crippen LogP contribution is -2.67. The van der Waals surface area contributed by atoms with Gasteiger partial charge in [-0.15, -0.1) is 0 Å². The van der Waals surface area contributed by atoms with E-state index in [9.17, 15) is 20.4 Å². The monoisotopic (exact) mass is 1040 g/mol. The molecule has 0 radical (unpaired) electrons. The van der Waals surface area contributed by atoms with Crippen LogP contribution in [0.15, 0.2) is 66.7 Å². The standard InChI is InChI=1S/C68H100O8/c1-58(2,3)47-39-42(30-34-50(47)69)55(62(13,14)15)67(64(19,20)21,44-32-36-52(71)49(41-44)60(7,8)9)56(73)75-76-57(74)68(65(22,23)24)46-33-37-53(72)54(61(10,11)12)45(46)29-27-25-26-28-38-66(68,63(16,17)18)43-31-35-51(70)48(40-43)59(4,5)6/h30-37,39-41,55,69-72H,25-29,38H2,1-24H3. The maximum absolute atomic E-state index is 17.2. The minimum atomic E-state index is -1.66. The zero-order valence-corrected chi connectivity index (χ0v) is 51.6. The Labute approximate surface area is 459 Å². The summed E-state index contributed by atoms with van der Waals surface area (Å²) in [7, 11) is 0. The van der Waals surface area contributed by atoms with Gasteiger partial charge in [0, 0.05) is 16.9 Å². The van der Waals surface area contributed by atoms with Crippen LogP contribution in [0.25, 0.3) is 0 Å². The van der Waals surface area contributed by atoms with Crippen LogP contribution in [0.5, 0.6) is 23.0 Å². The van der Waals surface area contributed by atoms with E-state index in [1.54, 1.807) is 30.3 Å². The second-order valence-electron chi connectivity index (χ2n) is 30.9. The summed E-state index contributed by atoms with van der Waals surface area (Å²) in [6.07, 6.45) is 4.57. The number of carbonyl (C=O) groups is 2. The van der Waals surface area contributed by atoms with Crippen molar-refractivity contribution in [3.8, 4) is 23.0 Å². The number of aromatic hydroxyl groups is 4. The van der Waals surface area contributed by atoms with Crippen LogP contribution in [0.1, 0.15) is 254 Å². The van der Waals surface area contributed by atoms with E-state index in [-0.39, 0.29) is 23.0 Å². The molecule has 4 unspecified atom stereocenters. The Morgan fingerprint density at radius 3 is 1.45 bits per heavy atom. The minimum Gasteiger partial charge on any atom is -0.508 e. The zero-order valence-electron chi connectivity index (χ0n) is 51.6. The highest BCUT2D eigenvalue weighted by molar-refractivity contribution is 5.91. The van der Waals surface area contributed by atoms with Crippen molar-refractivity contribution in [3.63, 3.8) is 0 Å². The molecule has 8 nitrogen and oxygen atoms in total. The normalized spacial score (nSPS) is 20.0. The summed E-state index contributed by atoms with van der Waals surface area (Å²) in [5.74, 6) is -1.65. The number of rotatable bonds is 6. The first-order valence-electron chi connectivity index (χ1n) is 28.1.